The number of rotatable bonds is 3. The van der Waals surface area contributed by atoms with Gasteiger partial charge in [-0.25, -0.2) is 4.63 Å². The third-order valence-electron chi connectivity index (χ3n) is 1.93. The van der Waals surface area contributed by atoms with E-state index in [0.29, 0.717) is 6.54 Å². The van der Waals surface area contributed by atoms with Gasteiger partial charge >= 0.3 is 0 Å². The number of nitrogens with zero attached hydrogens (tertiary/aromatic N) is 4. The second kappa shape index (κ2) is 4.01. The topological polar surface area (TPSA) is 112 Å². The quantitative estimate of drug-likeness (QED) is 0.711. The SMILES string of the molecule is Cn1ccc(CNC(=O)c2nonc2N)n1. The summed E-state index contributed by atoms with van der Waals surface area (Å²) in [6.45, 7) is 0.298. The molecule has 84 valence electrons. The van der Waals surface area contributed by atoms with Crippen LogP contribution in [0.5, 0.6) is 0 Å². The maximum absolute atomic E-state index is 11.5. The molecule has 0 aromatic carbocycles. The maximum atomic E-state index is 11.5. The molecular formula is C8H10N6O2. The number of anilines is 1. The minimum Gasteiger partial charge on any atom is -0.379 e. The molecule has 2 aromatic heterocycles. The summed E-state index contributed by atoms with van der Waals surface area (Å²) in [6, 6.07) is 1.80. The van der Waals surface area contributed by atoms with E-state index in [-0.39, 0.29) is 11.5 Å². The molecule has 1 amide bonds. The van der Waals surface area contributed by atoms with Gasteiger partial charge in [0.2, 0.25) is 11.5 Å². The number of aromatic nitrogens is 4. The predicted octanol–water partition coefficient (Wildman–Crippen LogP) is -0.685. The Hall–Kier alpha value is -2.38. The van der Waals surface area contributed by atoms with Crippen molar-refractivity contribution in [1.82, 2.24) is 25.4 Å². The second-order valence-electron chi connectivity index (χ2n) is 3.16. The Labute approximate surface area is 90.4 Å². The monoisotopic (exact) mass is 222 g/mol. The summed E-state index contributed by atoms with van der Waals surface area (Å²) in [4.78, 5) is 11.5. The van der Waals surface area contributed by atoms with Gasteiger partial charge in [0.1, 0.15) is 0 Å². The first-order valence-corrected chi connectivity index (χ1v) is 4.51. The lowest BCUT2D eigenvalue weighted by atomic mass is 10.3. The first-order chi connectivity index (χ1) is 7.66. The molecule has 8 nitrogen and oxygen atoms in total. The van der Waals surface area contributed by atoms with E-state index < -0.39 is 5.91 Å². The Kier molecular flexibility index (Phi) is 2.54. The average molecular weight is 222 g/mol. The predicted molar refractivity (Wildman–Crippen MR) is 53.1 cm³/mol. The van der Waals surface area contributed by atoms with Crippen molar-refractivity contribution < 1.29 is 9.42 Å². The molecule has 2 heterocycles. The van der Waals surface area contributed by atoms with Gasteiger partial charge < -0.3 is 11.1 Å². The number of carbonyl (C=O) groups is 1. The van der Waals surface area contributed by atoms with E-state index in [1.54, 1.807) is 24.0 Å². The van der Waals surface area contributed by atoms with Gasteiger partial charge in [0.15, 0.2) is 0 Å². The Morgan fingerprint density at radius 2 is 2.44 bits per heavy atom. The van der Waals surface area contributed by atoms with Crippen molar-refractivity contribution >= 4 is 11.7 Å². The highest BCUT2D eigenvalue weighted by molar-refractivity contribution is 5.95. The summed E-state index contributed by atoms with van der Waals surface area (Å²) in [5, 5.41) is 13.4. The number of amides is 1. The molecule has 0 aliphatic carbocycles. The van der Waals surface area contributed by atoms with Gasteiger partial charge in [-0.2, -0.15) is 5.10 Å². The summed E-state index contributed by atoms with van der Waals surface area (Å²) in [6.07, 6.45) is 1.79. The van der Waals surface area contributed by atoms with E-state index in [1.807, 2.05) is 0 Å². The molecule has 2 aromatic rings. The summed E-state index contributed by atoms with van der Waals surface area (Å²) < 4.78 is 5.96. The van der Waals surface area contributed by atoms with Crippen LogP contribution in [0.4, 0.5) is 5.82 Å². The summed E-state index contributed by atoms with van der Waals surface area (Å²) in [5.41, 5.74) is 6.09. The van der Waals surface area contributed by atoms with Crippen LogP contribution in [0.1, 0.15) is 16.2 Å². The van der Waals surface area contributed by atoms with E-state index in [9.17, 15) is 4.79 Å². The highest BCUT2D eigenvalue weighted by Gasteiger charge is 2.15. The van der Waals surface area contributed by atoms with Gasteiger partial charge in [0, 0.05) is 13.2 Å². The molecule has 3 N–H and O–H groups in total. The molecule has 0 aliphatic heterocycles. The van der Waals surface area contributed by atoms with Crippen molar-refractivity contribution in [2.45, 2.75) is 6.54 Å². The molecule has 0 fully saturated rings. The molecule has 0 saturated heterocycles. The van der Waals surface area contributed by atoms with E-state index in [4.69, 9.17) is 5.73 Å². The van der Waals surface area contributed by atoms with E-state index in [1.165, 1.54) is 0 Å². The molecule has 0 unspecified atom stereocenters. The van der Waals surface area contributed by atoms with Crippen LogP contribution in [0, 0.1) is 0 Å². The molecule has 0 saturated carbocycles. The number of aryl methyl sites for hydroxylation is 1. The Bertz CT molecular complexity index is 502. The van der Waals surface area contributed by atoms with Crippen LogP contribution in [0.2, 0.25) is 0 Å². The highest BCUT2D eigenvalue weighted by Crippen LogP contribution is 2.03. The third-order valence-corrected chi connectivity index (χ3v) is 1.93. The Balaban J connectivity index is 1.96. The number of carbonyl (C=O) groups excluding carboxylic acids is 1. The number of nitrogens with one attached hydrogen (secondary N) is 1. The van der Waals surface area contributed by atoms with Gasteiger partial charge in [-0.3, -0.25) is 9.48 Å². The van der Waals surface area contributed by atoms with Crippen LogP contribution >= 0.6 is 0 Å². The van der Waals surface area contributed by atoms with Crippen molar-refractivity contribution in [3.63, 3.8) is 0 Å². The summed E-state index contributed by atoms with van der Waals surface area (Å²) >= 11 is 0. The van der Waals surface area contributed by atoms with Crippen molar-refractivity contribution in [2.24, 2.45) is 7.05 Å². The number of hydrogen-bond acceptors (Lipinski definition) is 6. The smallest absolute Gasteiger partial charge is 0.277 e. The fourth-order valence-electron chi connectivity index (χ4n) is 1.17. The molecule has 16 heavy (non-hydrogen) atoms. The van der Waals surface area contributed by atoms with Crippen molar-refractivity contribution in [1.29, 1.82) is 0 Å². The van der Waals surface area contributed by atoms with Crippen LogP contribution in [-0.4, -0.2) is 26.0 Å². The lowest BCUT2D eigenvalue weighted by Crippen LogP contribution is -2.24. The minimum atomic E-state index is -0.440. The van der Waals surface area contributed by atoms with Crippen LogP contribution in [-0.2, 0) is 13.6 Å². The van der Waals surface area contributed by atoms with Gasteiger partial charge in [-0.1, -0.05) is 0 Å². The first kappa shape index (κ1) is 10.1. The van der Waals surface area contributed by atoms with E-state index in [2.05, 4.69) is 25.4 Å². The van der Waals surface area contributed by atoms with Gasteiger partial charge in [-0.05, 0) is 16.4 Å². The lowest BCUT2D eigenvalue weighted by molar-refractivity contribution is 0.0941. The molecular weight excluding hydrogens is 212 g/mol. The largest absolute Gasteiger partial charge is 0.379 e. The fraction of sp³-hybridized carbons (Fsp3) is 0.250. The summed E-state index contributed by atoms with van der Waals surface area (Å²) in [5.74, 6) is -0.470. The molecule has 0 spiro atoms. The van der Waals surface area contributed by atoms with Crippen molar-refractivity contribution in [3.8, 4) is 0 Å². The second-order valence-corrected chi connectivity index (χ2v) is 3.16. The van der Waals surface area contributed by atoms with Gasteiger partial charge in [-0.15, -0.1) is 0 Å². The van der Waals surface area contributed by atoms with Crippen molar-refractivity contribution in [2.75, 3.05) is 5.73 Å². The third kappa shape index (κ3) is 2.00. The van der Waals surface area contributed by atoms with Crippen LogP contribution in [0.15, 0.2) is 16.9 Å². The summed E-state index contributed by atoms with van der Waals surface area (Å²) in [7, 11) is 1.80. The standard InChI is InChI=1S/C8H10N6O2/c1-14-3-2-5(11-14)4-10-8(15)6-7(9)13-16-12-6/h2-3H,4H2,1H3,(H2,9,13)(H,10,15). The molecule has 8 heteroatoms. The van der Waals surface area contributed by atoms with Crippen LogP contribution in [0.3, 0.4) is 0 Å². The number of hydrogen-bond donors (Lipinski definition) is 2. The van der Waals surface area contributed by atoms with E-state index in [0.717, 1.165) is 5.69 Å². The molecule has 0 radical (unpaired) electrons. The highest BCUT2D eigenvalue weighted by atomic mass is 16.6. The zero-order valence-corrected chi connectivity index (χ0v) is 8.54. The van der Waals surface area contributed by atoms with Crippen LogP contribution in [0.25, 0.3) is 0 Å². The lowest BCUT2D eigenvalue weighted by Gasteiger charge is -1.99. The molecule has 0 aliphatic rings. The fourth-order valence-corrected chi connectivity index (χ4v) is 1.17. The Morgan fingerprint density at radius 1 is 1.62 bits per heavy atom. The van der Waals surface area contributed by atoms with Crippen LogP contribution < -0.4 is 11.1 Å². The Morgan fingerprint density at radius 3 is 3.00 bits per heavy atom. The van der Waals surface area contributed by atoms with Crippen molar-refractivity contribution in [3.05, 3.63) is 23.7 Å². The first-order valence-electron chi connectivity index (χ1n) is 4.51. The molecule has 2 rings (SSSR count). The minimum absolute atomic E-state index is 0.0177. The normalized spacial score (nSPS) is 10.3. The maximum Gasteiger partial charge on any atom is 0.277 e. The zero-order valence-electron chi connectivity index (χ0n) is 8.54. The number of nitrogen functional groups attached to an aromatic ring is 1. The molecule has 0 atom stereocenters. The average Bonchev–Trinajstić information content (AvgIpc) is 2.84. The van der Waals surface area contributed by atoms with Gasteiger partial charge in [0.05, 0.1) is 12.2 Å². The zero-order chi connectivity index (χ0) is 11.5. The van der Waals surface area contributed by atoms with E-state index >= 15 is 0 Å². The van der Waals surface area contributed by atoms with Gasteiger partial charge in [0.25, 0.3) is 5.91 Å². The number of nitrogens with two attached hydrogens (primary N) is 1. The molecule has 0 bridgehead atoms.